The van der Waals surface area contributed by atoms with Crippen molar-refractivity contribution in [1.82, 2.24) is 24.8 Å². The number of rotatable bonds is 4. The summed E-state index contributed by atoms with van der Waals surface area (Å²) in [6.07, 6.45) is 4.48. The topological polar surface area (TPSA) is 73.7 Å². The Hall–Kier alpha value is -1.66. The third-order valence-electron chi connectivity index (χ3n) is 3.44. The van der Waals surface area contributed by atoms with Gasteiger partial charge in [0.05, 0.1) is 11.7 Å². The minimum absolute atomic E-state index is 0.00778. The molecule has 0 aliphatic rings. The molecule has 0 spiro atoms. The molecular weight excluding hydrogens is 228 g/mol. The van der Waals surface area contributed by atoms with Crippen LogP contribution in [0.2, 0.25) is 0 Å². The number of nitrogens with one attached hydrogen (secondary N) is 1. The molecule has 0 aliphatic heterocycles. The van der Waals surface area contributed by atoms with Gasteiger partial charge in [-0.05, 0) is 25.8 Å². The van der Waals surface area contributed by atoms with Crippen molar-refractivity contribution in [3.63, 3.8) is 0 Å². The van der Waals surface area contributed by atoms with Gasteiger partial charge in [0, 0.05) is 32.2 Å². The molecule has 0 saturated heterocycles. The van der Waals surface area contributed by atoms with Crippen molar-refractivity contribution in [2.75, 3.05) is 0 Å². The summed E-state index contributed by atoms with van der Waals surface area (Å²) < 4.78 is 3.88. The number of aryl methyl sites for hydroxylation is 3. The van der Waals surface area contributed by atoms with Crippen LogP contribution >= 0.6 is 0 Å². The molecule has 2 aromatic heterocycles. The van der Waals surface area contributed by atoms with Crippen molar-refractivity contribution in [3.05, 3.63) is 35.2 Å². The molecule has 2 aromatic rings. The molecule has 0 fully saturated rings. The summed E-state index contributed by atoms with van der Waals surface area (Å²) >= 11 is 0. The van der Waals surface area contributed by atoms with E-state index in [1.807, 2.05) is 36.5 Å². The van der Waals surface area contributed by atoms with Gasteiger partial charge in [-0.25, -0.2) is 10.4 Å². The second kappa shape index (κ2) is 4.91. The number of hydrazine groups is 1. The molecule has 0 bridgehead atoms. The van der Waals surface area contributed by atoms with E-state index in [-0.39, 0.29) is 6.04 Å². The van der Waals surface area contributed by atoms with Gasteiger partial charge in [-0.3, -0.25) is 10.5 Å². The van der Waals surface area contributed by atoms with Gasteiger partial charge in [0.2, 0.25) is 0 Å². The van der Waals surface area contributed by atoms with Crippen molar-refractivity contribution < 1.29 is 0 Å². The van der Waals surface area contributed by atoms with Gasteiger partial charge >= 0.3 is 0 Å². The first-order valence-corrected chi connectivity index (χ1v) is 5.97. The Bertz CT molecular complexity index is 539. The fourth-order valence-electron chi connectivity index (χ4n) is 2.25. The summed E-state index contributed by atoms with van der Waals surface area (Å²) in [5.41, 5.74) is 6.28. The average Bonchev–Trinajstić information content (AvgIpc) is 2.84. The first kappa shape index (κ1) is 12.8. The maximum Gasteiger partial charge on any atom is 0.127 e. The van der Waals surface area contributed by atoms with Crippen molar-refractivity contribution in [3.8, 4) is 0 Å². The summed E-state index contributed by atoms with van der Waals surface area (Å²) in [6, 6.07) is -0.00778. The van der Waals surface area contributed by atoms with Crippen molar-refractivity contribution in [2.24, 2.45) is 19.9 Å². The first-order valence-electron chi connectivity index (χ1n) is 5.97. The molecule has 0 saturated carbocycles. The quantitative estimate of drug-likeness (QED) is 0.611. The van der Waals surface area contributed by atoms with Crippen LogP contribution in [0.4, 0.5) is 0 Å². The van der Waals surface area contributed by atoms with Crippen LogP contribution in [0.3, 0.4) is 0 Å². The van der Waals surface area contributed by atoms with E-state index < -0.39 is 0 Å². The Labute approximate surface area is 107 Å². The lowest BCUT2D eigenvalue weighted by atomic mass is 10.0. The molecule has 2 heterocycles. The smallest absolute Gasteiger partial charge is 0.127 e. The normalized spacial score (nSPS) is 12.9. The second-order valence-corrected chi connectivity index (χ2v) is 4.59. The number of hydrogen-bond donors (Lipinski definition) is 2. The van der Waals surface area contributed by atoms with Gasteiger partial charge in [-0.2, -0.15) is 5.10 Å². The molecular formula is C12H20N6. The molecule has 1 atom stereocenters. The van der Waals surface area contributed by atoms with E-state index in [0.717, 1.165) is 17.9 Å². The first-order chi connectivity index (χ1) is 8.54. The van der Waals surface area contributed by atoms with E-state index >= 15 is 0 Å². The van der Waals surface area contributed by atoms with Crippen LogP contribution in [0, 0.1) is 13.8 Å². The lowest BCUT2D eigenvalue weighted by molar-refractivity contribution is 0.505. The van der Waals surface area contributed by atoms with Crippen LogP contribution < -0.4 is 11.3 Å². The van der Waals surface area contributed by atoms with Crippen LogP contribution in [0.1, 0.15) is 28.8 Å². The average molecular weight is 248 g/mol. The zero-order chi connectivity index (χ0) is 13.3. The fraction of sp³-hybridized carbons (Fsp3) is 0.500. The maximum atomic E-state index is 5.66. The van der Waals surface area contributed by atoms with Crippen molar-refractivity contribution in [2.45, 2.75) is 26.3 Å². The summed E-state index contributed by atoms with van der Waals surface area (Å²) in [5, 5.41) is 4.42. The number of hydrogen-bond acceptors (Lipinski definition) is 4. The van der Waals surface area contributed by atoms with Gasteiger partial charge in [-0.1, -0.05) is 0 Å². The highest BCUT2D eigenvalue weighted by Gasteiger charge is 2.19. The van der Waals surface area contributed by atoms with Gasteiger partial charge in [0.15, 0.2) is 0 Å². The molecule has 0 aromatic carbocycles. The Balaban J connectivity index is 2.29. The van der Waals surface area contributed by atoms with E-state index in [2.05, 4.69) is 22.4 Å². The Kier molecular flexibility index (Phi) is 3.49. The zero-order valence-electron chi connectivity index (χ0n) is 11.3. The fourth-order valence-corrected chi connectivity index (χ4v) is 2.25. The SMILES string of the molecule is Cc1nn(C)c(C)c1CC(NN)c1nccn1C. The highest BCUT2D eigenvalue weighted by atomic mass is 15.3. The van der Waals surface area contributed by atoms with E-state index in [9.17, 15) is 0 Å². The summed E-state index contributed by atoms with van der Waals surface area (Å²) in [7, 11) is 3.92. The Morgan fingerprint density at radius 1 is 1.39 bits per heavy atom. The Morgan fingerprint density at radius 2 is 2.11 bits per heavy atom. The van der Waals surface area contributed by atoms with Crippen LogP contribution in [-0.4, -0.2) is 19.3 Å². The van der Waals surface area contributed by atoms with Crippen LogP contribution in [0.5, 0.6) is 0 Å². The van der Waals surface area contributed by atoms with Crippen LogP contribution in [0.25, 0.3) is 0 Å². The van der Waals surface area contributed by atoms with Gasteiger partial charge in [0.1, 0.15) is 5.82 Å². The molecule has 2 rings (SSSR count). The van der Waals surface area contributed by atoms with Crippen LogP contribution in [0.15, 0.2) is 12.4 Å². The maximum absolute atomic E-state index is 5.66. The van der Waals surface area contributed by atoms with E-state index in [1.165, 1.54) is 11.3 Å². The van der Waals surface area contributed by atoms with E-state index in [0.29, 0.717) is 0 Å². The highest BCUT2D eigenvalue weighted by Crippen LogP contribution is 2.20. The van der Waals surface area contributed by atoms with Crippen molar-refractivity contribution >= 4 is 0 Å². The summed E-state index contributed by atoms with van der Waals surface area (Å²) in [5.74, 6) is 6.59. The molecule has 18 heavy (non-hydrogen) atoms. The third-order valence-corrected chi connectivity index (χ3v) is 3.44. The molecule has 3 N–H and O–H groups in total. The minimum atomic E-state index is -0.00778. The van der Waals surface area contributed by atoms with E-state index in [4.69, 9.17) is 5.84 Å². The number of imidazole rings is 1. The predicted octanol–water partition coefficient (Wildman–Crippen LogP) is 0.518. The summed E-state index contributed by atoms with van der Waals surface area (Å²) in [4.78, 5) is 4.34. The third kappa shape index (κ3) is 2.16. The lowest BCUT2D eigenvalue weighted by Crippen LogP contribution is -2.31. The molecule has 1 unspecified atom stereocenters. The van der Waals surface area contributed by atoms with E-state index in [1.54, 1.807) is 6.20 Å². The number of nitrogens with two attached hydrogens (primary N) is 1. The minimum Gasteiger partial charge on any atom is -0.337 e. The second-order valence-electron chi connectivity index (χ2n) is 4.59. The molecule has 98 valence electrons. The lowest BCUT2D eigenvalue weighted by Gasteiger charge is -2.16. The molecule has 6 heteroatoms. The van der Waals surface area contributed by atoms with Gasteiger partial charge in [0.25, 0.3) is 0 Å². The largest absolute Gasteiger partial charge is 0.337 e. The van der Waals surface area contributed by atoms with Crippen molar-refractivity contribution in [1.29, 1.82) is 0 Å². The van der Waals surface area contributed by atoms with Gasteiger partial charge in [-0.15, -0.1) is 0 Å². The monoisotopic (exact) mass is 248 g/mol. The predicted molar refractivity (Wildman–Crippen MR) is 69.7 cm³/mol. The zero-order valence-corrected chi connectivity index (χ0v) is 11.3. The number of nitrogens with zero attached hydrogens (tertiary/aromatic N) is 4. The standard InChI is InChI=1S/C12H20N6/c1-8-10(9(2)18(4)16-8)7-11(15-13)12-14-5-6-17(12)3/h5-6,11,15H,7,13H2,1-4H3. The van der Waals surface area contributed by atoms with Crippen LogP contribution in [-0.2, 0) is 20.5 Å². The number of aromatic nitrogens is 4. The molecule has 0 aliphatic carbocycles. The highest BCUT2D eigenvalue weighted by molar-refractivity contribution is 5.26. The summed E-state index contributed by atoms with van der Waals surface area (Å²) in [6.45, 7) is 4.09. The molecule has 0 radical (unpaired) electrons. The van der Waals surface area contributed by atoms with Gasteiger partial charge < -0.3 is 4.57 Å². The molecule has 6 nitrogen and oxygen atoms in total. The Morgan fingerprint density at radius 3 is 2.56 bits per heavy atom. The molecule has 0 amide bonds.